The summed E-state index contributed by atoms with van der Waals surface area (Å²) in [6.45, 7) is 0. The third kappa shape index (κ3) is 3.83. The van der Waals surface area contributed by atoms with Gasteiger partial charge in [0.05, 0.1) is 24.6 Å². The van der Waals surface area contributed by atoms with Crippen LogP contribution < -0.4 is 10.1 Å². The average molecular weight is 414 g/mol. The van der Waals surface area contributed by atoms with E-state index >= 15 is 0 Å². The normalized spacial score (nSPS) is 10.7. The largest absolute Gasteiger partial charge is 0.495 e. The van der Waals surface area contributed by atoms with E-state index in [4.69, 9.17) is 25.2 Å². The number of benzene rings is 2. The van der Waals surface area contributed by atoms with Crippen LogP contribution in [-0.4, -0.2) is 23.2 Å². The Morgan fingerprint density at radius 2 is 1.97 bits per heavy atom. The number of carbonyl (C=O) groups is 1. The van der Waals surface area contributed by atoms with Crippen LogP contribution in [0.5, 0.6) is 5.75 Å². The molecule has 0 aliphatic heterocycles. The number of amides is 1. The van der Waals surface area contributed by atoms with Gasteiger partial charge < -0.3 is 18.9 Å². The lowest BCUT2D eigenvalue weighted by atomic mass is 10.1. The van der Waals surface area contributed by atoms with Crippen LogP contribution in [0.15, 0.2) is 63.6 Å². The molecule has 0 spiro atoms. The number of furan rings is 1. The Morgan fingerprint density at radius 1 is 1.14 bits per heavy atom. The number of halogens is 2. The maximum atomic E-state index is 14.3. The first-order chi connectivity index (χ1) is 14.0. The van der Waals surface area contributed by atoms with Crippen molar-refractivity contribution in [3.8, 4) is 28.9 Å². The number of hydrogen-bond donors (Lipinski definition) is 1. The molecule has 0 radical (unpaired) electrons. The molecule has 146 valence electrons. The number of rotatable bonds is 5. The smallest absolute Gasteiger partial charge is 0.283 e. The molecule has 0 saturated carbocycles. The lowest BCUT2D eigenvalue weighted by Gasteiger charge is -2.11. The Labute approximate surface area is 169 Å². The van der Waals surface area contributed by atoms with Gasteiger partial charge in [0.25, 0.3) is 11.8 Å². The second-order valence-electron chi connectivity index (χ2n) is 5.88. The third-order valence-corrected chi connectivity index (χ3v) is 4.26. The number of carbonyl (C=O) groups excluding carboxylic acids is 1. The molecule has 2 aromatic carbocycles. The van der Waals surface area contributed by atoms with Crippen molar-refractivity contribution in [1.29, 1.82) is 0 Å². The van der Waals surface area contributed by atoms with Gasteiger partial charge in [-0.25, -0.2) is 4.39 Å². The molecule has 0 saturated heterocycles. The van der Waals surface area contributed by atoms with Crippen molar-refractivity contribution >= 4 is 23.2 Å². The molecule has 29 heavy (non-hydrogen) atoms. The zero-order valence-electron chi connectivity index (χ0n) is 15.0. The zero-order valence-corrected chi connectivity index (χ0v) is 15.7. The second-order valence-corrected chi connectivity index (χ2v) is 6.32. The second kappa shape index (κ2) is 7.76. The number of hydrogen-bond acceptors (Lipinski definition) is 6. The Hall–Kier alpha value is -3.65. The minimum Gasteiger partial charge on any atom is -0.495 e. The molecule has 0 aliphatic rings. The Balaban J connectivity index is 1.64. The van der Waals surface area contributed by atoms with Crippen molar-refractivity contribution in [3.63, 3.8) is 0 Å². The molecule has 4 aromatic rings. The summed E-state index contributed by atoms with van der Waals surface area (Å²) < 4.78 is 30.3. The van der Waals surface area contributed by atoms with Crippen LogP contribution >= 0.6 is 11.6 Å². The molecule has 7 nitrogen and oxygen atoms in total. The summed E-state index contributed by atoms with van der Waals surface area (Å²) >= 11 is 5.97. The van der Waals surface area contributed by atoms with E-state index in [0.717, 1.165) is 6.07 Å². The summed E-state index contributed by atoms with van der Waals surface area (Å²) in [6.07, 6.45) is 1.48. The van der Waals surface area contributed by atoms with E-state index in [0.29, 0.717) is 27.8 Å². The summed E-state index contributed by atoms with van der Waals surface area (Å²) in [5.74, 6) is -0.320. The maximum Gasteiger partial charge on any atom is 0.283 e. The molecule has 2 aromatic heterocycles. The summed E-state index contributed by atoms with van der Waals surface area (Å²) in [6, 6.07) is 12.0. The molecule has 0 unspecified atom stereocenters. The van der Waals surface area contributed by atoms with E-state index in [-0.39, 0.29) is 17.3 Å². The number of methoxy groups -OCH3 is 1. The molecule has 9 heteroatoms. The number of ether oxygens (including phenoxy) is 1. The summed E-state index contributed by atoms with van der Waals surface area (Å²) in [5, 5.41) is 10.8. The molecular formula is C20H13ClFN3O4. The van der Waals surface area contributed by atoms with E-state index in [9.17, 15) is 9.18 Å². The third-order valence-electron chi connectivity index (χ3n) is 4.02. The molecule has 1 amide bonds. The van der Waals surface area contributed by atoms with Crippen molar-refractivity contribution in [3.05, 3.63) is 71.2 Å². The lowest BCUT2D eigenvalue weighted by Crippen LogP contribution is -2.14. The summed E-state index contributed by atoms with van der Waals surface area (Å²) in [5.41, 5.74) is 0.481. The fraction of sp³-hybridized carbons (Fsp3) is 0.0500. The monoisotopic (exact) mass is 413 g/mol. The number of nitrogens with zero attached hydrogens (tertiary/aromatic N) is 2. The molecule has 4 rings (SSSR count). The van der Waals surface area contributed by atoms with E-state index in [1.165, 1.54) is 31.6 Å². The topological polar surface area (TPSA) is 90.4 Å². The SMILES string of the molecule is COc1ccc(Cl)cc1NC(=O)c1cc(-c2nnc(-c3ccco3)o2)ccc1F. The first-order valence-electron chi connectivity index (χ1n) is 8.37. The van der Waals surface area contributed by atoms with Gasteiger partial charge in [-0.15, -0.1) is 10.2 Å². The van der Waals surface area contributed by atoms with E-state index < -0.39 is 11.7 Å². The molecule has 1 N–H and O–H groups in total. The molecule has 0 atom stereocenters. The van der Waals surface area contributed by atoms with Crippen molar-refractivity contribution in [2.24, 2.45) is 0 Å². The average Bonchev–Trinajstić information content (AvgIpc) is 3.40. The van der Waals surface area contributed by atoms with Crippen LogP contribution in [0.1, 0.15) is 10.4 Å². The lowest BCUT2D eigenvalue weighted by molar-refractivity contribution is 0.102. The van der Waals surface area contributed by atoms with Crippen molar-refractivity contribution < 1.29 is 22.8 Å². The van der Waals surface area contributed by atoms with Crippen LogP contribution in [0.3, 0.4) is 0 Å². The first kappa shape index (κ1) is 18.7. The van der Waals surface area contributed by atoms with Crippen LogP contribution in [0.4, 0.5) is 10.1 Å². The molecule has 0 aliphatic carbocycles. The standard InChI is InChI=1S/C20H13ClFN3O4/c1-27-16-7-5-12(21)10-15(16)23-18(26)13-9-11(4-6-14(13)22)19-24-25-20(29-19)17-3-2-8-28-17/h2-10H,1H3,(H,23,26). The van der Waals surface area contributed by atoms with Crippen LogP contribution in [0.25, 0.3) is 23.1 Å². The van der Waals surface area contributed by atoms with Gasteiger partial charge in [-0.1, -0.05) is 11.6 Å². The Kier molecular flexibility index (Phi) is 5.01. The van der Waals surface area contributed by atoms with E-state index in [2.05, 4.69) is 15.5 Å². The molecule has 0 fully saturated rings. The van der Waals surface area contributed by atoms with Crippen LogP contribution in [0, 0.1) is 5.82 Å². The highest BCUT2D eigenvalue weighted by Crippen LogP contribution is 2.29. The number of aromatic nitrogens is 2. The number of anilines is 1. The van der Waals surface area contributed by atoms with Gasteiger partial charge in [-0.05, 0) is 48.5 Å². The fourth-order valence-electron chi connectivity index (χ4n) is 2.64. The Morgan fingerprint density at radius 3 is 2.72 bits per heavy atom. The minimum absolute atomic E-state index is 0.116. The quantitative estimate of drug-likeness (QED) is 0.492. The summed E-state index contributed by atoms with van der Waals surface area (Å²) in [7, 11) is 1.45. The van der Waals surface area contributed by atoms with Crippen molar-refractivity contribution in [2.45, 2.75) is 0 Å². The summed E-state index contributed by atoms with van der Waals surface area (Å²) in [4.78, 5) is 12.7. The van der Waals surface area contributed by atoms with Gasteiger partial charge in [-0.2, -0.15) is 0 Å². The minimum atomic E-state index is -0.710. The predicted molar refractivity (Wildman–Crippen MR) is 103 cm³/mol. The van der Waals surface area contributed by atoms with Gasteiger partial charge in [0.1, 0.15) is 11.6 Å². The van der Waals surface area contributed by atoms with Gasteiger partial charge in [0, 0.05) is 10.6 Å². The first-order valence-corrected chi connectivity index (χ1v) is 8.75. The van der Waals surface area contributed by atoms with Gasteiger partial charge in [0.2, 0.25) is 5.89 Å². The van der Waals surface area contributed by atoms with E-state index in [1.807, 2.05) is 0 Å². The number of nitrogens with one attached hydrogen (secondary N) is 1. The van der Waals surface area contributed by atoms with Gasteiger partial charge in [0.15, 0.2) is 5.76 Å². The van der Waals surface area contributed by atoms with Crippen molar-refractivity contribution in [2.75, 3.05) is 12.4 Å². The van der Waals surface area contributed by atoms with Gasteiger partial charge >= 0.3 is 0 Å². The highest BCUT2D eigenvalue weighted by Gasteiger charge is 2.18. The fourth-order valence-corrected chi connectivity index (χ4v) is 2.81. The Bertz CT molecular complexity index is 1170. The van der Waals surface area contributed by atoms with Crippen LogP contribution in [0.2, 0.25) is 5.02 Å². The zero-order chi connectivity index (χ0) is 20.4. The van der Waals surface area contributed by atoms with Crippen molar-refractivity contribution in [1.82, 2.24) is 10.2 Å². The van der Waals surface area contributed by atoms with Gasteiger partial charge in [-0.3, -0.25) is 4.79 Å². The molecular weight excluding hydrogens is 401 g/mol. The molecule has 2 heterocycles. The van der Waals surface area contributed by atoms with E-state index in [1.54, 1.807) is 24.3 Å². The highest BCUT2D eigenvalue weighted by molar-refractivity contribution is 6.31. The highest BCUT2D eigenvalue weighted by atomic mass is 35.5. The molecule has 0 bridgehead atoms. The van der Waals surface area contributed by atoms with Crippen LogP contribution in [-0.2, 0) is 0 Å². The maximum absolute atomic E-state index is 14.3. The predicted octanol–water partition coefficient (Wildman–Crippen LogP) is 5.05.